The normalized spacial score (nSPS) is 25.4. The van der Waals surface area contributed by atoms with E-state index < -0.39 is 15.7 Å². The number of halogens is 2. The summed E-state index contributed by atoms with van der Waals surface area (Å²) in [5.74, 6) is 0.0879. The second kappa shape index (κ2) is 7.46. The Morgan fingerprint density at radius 3 is 2.62 bits per heavy atom. The van der Waals surface area contributed by atoms with Gasteiger partial charge in [0.15, 0.2) is 15.0 Å². The van der Waals surface area contributed by atoms with Gasteiger partial charge in [0.2, 0.25) is 0 Å². The number of carbonyl (C=O) groups is 1. The van der Waals surface area contributed by atoms with Crippen LogP contribution in [-0.4, -0.2) is 62.4 Å². The van der Waals surface area contributed by atoms with Crippen molar-refractivity contribution in [2.75, 3.05) is 36.5 Å². The maximum Gasteiger partial charge on any atom is 0.262 e. The topological polar surface area (TPSA) is 85.3 Å². The van der Waals surface area contributed by atoms with E-state index in [0.29, 0.717) is 27.4 Å². The number of hydrogen-bond acceptors (Lipinski definition) is 6. The fourth-order valence-corrected chi connectivity index (χ4v) is 7.23. The van der Waals surface area contributed by atoms with Crippen LogP contribution in [-0.2, 0) is 14.6 Å². The van der Waals surface area contributed by atoms with Crippen LogP contribution >= 0.6 is 35.0 Å². The van der Waals surface area contributed by atoms with Crippen LogP contribution in [0.2, 0.25) is 5.02 Å². The van der Waals surface area contributed by atoms with Crippen LogP contribution in [0.5, 0.6) is 11.5 Å². The number of methoxy groups -OCH3 is 2. The van der Waals surface area contributed by atoms with Crippen molar-refractivity contribution in [3.8, 4) is 11.5 Å². The van der Waals surface area contributed by atoms with Gasteiger partial charge in [-0.2, -0.15) is 4.99 Å². The molecule has 2 aliphatic rings. The molecule has 0 N–H and O–H groups in total. The van der Waals surface area contributed by atoms with Crippen LogP contribution in [0.4, 0.5) is 5.69 Å². The number of ether oxygens (including phenoxy) is 2. The molecule has 0 radical (unpaired) electrons. The van der Waals surface area contributed by atoms with Gasteiger partial charge in [0.05, 0.1) is 42.5 Å². The molecular weight excluding hydrogens is 423 g/mol. The zero-order chi connectivity index (χ0) is 19.1. The average molecular weight is 439 g/mol. The molecule has 1 aromatic carbocycles. The highest BCUT2D eigenvalue weighted by atomic mass is 35.5. The Bertz CT molecular complexity index is 875. The summed E-state index contributed by atoms with van der Waals surface area (Å²) < 4.78 is 34.8. The second-order valence-electron chi connectivity index (χ2n) is 5.75. The summed E-state index contributed by atoms with van der Waals surface area (Å²) in [6.45, 7) is 0. The molecule has 0 saturated carbocycles. The SMILES string of the molecule is COc1cc(OC)c(N2C(=NC(=O)CCl)S[C@@H]3CS(=O)(=O)C[C@H]32)cc1Cl. The number of amidine groups is 1. The number of hydrogen-bond donors (Lipinski definition) is 0. The van der Waals surface area contributed by atoms with Gasteiger partial charge in [-0.25, -0.2) is 8.42 Å². The molecule has 1 amide bonds. The predicted octanol–water partition coefficient (Wildman–Crippen LogP) is 2.20. The molecule has 0 aromatic heterocycles. The fraction of sp³-hybridized carbons (Fsp3) is 0.467. The summed E-state index contributed by atoms with van der Waals surface area (Å²) in [6, 6.07) is 2.86. The van der Waals surface area contributed by atoms with Gasteiger partial charge in [0.25, 0.3) is 5.91 Å². The summed E-state index contributed by atoms with van der Waals surface area (Å²) in [5.41, 5.74) is 0.525. The minimum Gasteiger partial charge on any atom is -0.495 e. The molecule has 0 bridgehead atoms. The molecule has 2 aliphatic heterocycles. The highest BCUT2D eigenvalue weighted by molar-refractivity contribution is 8.16. The van der Waals surface area contributed by atoms with E-state index in [1.807, 2.05) is 0 Å². The molecule has 2 atom stereocenters. The van der Waals surface area contributed by atoms with E-state index >= 15 is 0 Å². The van der Waals surface area contributed by atoms with Gasteiger partial charge in [0.1, 0.15) is 17.4 Å². The number of thioether (sulfide) groups is 1. The molecule has 7 nitrogen and oxygen atoms in total. The van der Waals surface area contributed by atoms with Crippen molar-refractivity contribution in [2.24, 2.45) is 4.99 Å². The van der Waals surface area contributed by atoms with Crippen molar-refractivity contribution in [1.29, 1.82) is 0 Å². The minimum atomic E-state index is -3.17. The van der Waals surface area contributed by atoms with Crippen LogP contribution in [0.25, 0.3) is 0 Å². The molecular formula is C15H16Cl2N2O5S2. The zero-order valence-electron chi connectivity index (χ0n) is 13.9. The van der Waals surface area contributed by atoms with Crippen molar-refractivity contribution in [2.45, 2.75) is 11.3 Å². The van der Waals surface area contributed by atoms with Crippen LogP contribution in [0, 0.1) is 0 Å². The highest BCUT2D eigenvalue weighted by Gasteiger charge is 2.50. The van der Waals surface area contributed by atoms with Gasteiger partial charge in [-0.05, 0) is 6.07 Å². The van der Waals surface area contributed by atoms with Crippen molar-refractivity contribution < 1.29 is 22.7 Å². The third-order valence-electron chi connectivity index (χ3n) is 4.11. The van der Waals surface area contributed by atoms with Crippen molar-refractivity contribution in [3.05, 3.63) is 17.2 Å². The number of amides is 1. The lowest BCUT2D eigenvalue weighted by molar-refractivity contribution is -0.115. The van der Waals surface area contributed by atoms with Gasteiger partial charge >= 0.3 is 0 Å². The number of carbonyl (C=O) groups excluding carboxylic acids is 1. The van der Waals surface area contributed by atoms with Gasteiger partial charge in [-0.1, -0.05) is 23.4 Å². The molecule has 2 saturated heterocycles. The Morgan fingerprint density at radius 1 is 1.31 bits per heavy atom. The number of nitrogens with zero attached hydrogens (tertiary/aromatic N) is 2. The number of benzene rings is 1. The minimum absolute atomic E-state index is 0.0269. The van der Waals surface area contributed by atoms with E-state index in [1.165, 1.54) is 26.0 Å². The summed E-state index contributed by atoms with van der Waals surface area (Å²) in [6.07, 6.45) is 0. The number of fused-ring (bicyclic) bond motifs is 1. The lowest BCUT2D eigenvalue weighted by Crippen LogP contribution is -2.38. The monoisotopic (exact) mass is 438 g/mol. The molecule has 26 heavy (non-hydrogen) atoms. The van der Waals surface area contributed by atoms with E-state index in [0.717, 1.165) is 0 Å². The number of sulfone groups is 1. The molecule has 0 aliphatic carbocycles. The molecule has 2 fully saturated rings. The molecule has 2 heterocycles. The van der Waals surface area contributed by atoms with Crippen LogP contribution in [0.1, 0.15) is 0 Å². The van der Waals surface area contributed by atoms with E-state index in [4.69, 9.17) is 32.7 Å². The average Bonchev–Trinajstić information content (AvgIpc) is 3.05. The van der Waals surface area contributed by atoms with Gasteiger partial charge in [0, 0.05) is 11.3 Å². The third kappa shape index (κ3) is 3.62. The number of aliphatic imine (C=N–C) groups is 1. The lowest BCUT2D eigenvalue weighted by Gasteiger charge is -2.26. The fourth-order valence-electron chi connectivity index (χ4n) is 3.02. The van der Waals surface area contributed by atoms with Crippen LogP contribution in [0.3, 0.4) is 0 Å². The maximum atomic E-state index is 12.1. The van der Waals surface area contributed by atoms with E-state index in [2.05, 4.69) is 4.99 Å². The number of alkyl halides is 1. The quantitative estimate of drug-likeness (QED) is 0.665. The molecule has 11 heteroatoms. The molecule has 142 valence electrons. The number of rotatable bonds is 4. The number of anilines is 1. The molecule has 3 rings (SSSR count). The van der Waals surface area contributed by atoms with Crippen molar-refractivity contribution in [3.63, 3.8) is 0 Å². The summed E-state index contributed by atoms with van der Waals surface area (Å²) >= 11 is 13.1. The first kappa shape index (κ1) is 19.6. The Balaban J connectivity index is 2.13. The Labute approximate surface area is 165 Å². The van der Waals surface area contributed by atoms with E-state index in [-0.39, 0.29) is 28.7 Å². The first-order valence-electron chi connectivity index (χ1n) is 7.55. The summed E-state index contributed by atoms with van der Waals surface area (Å²) in [4.78, 5) is 17.5. The summed E-state index contributed by atoms with van der Waals surface area (Å²) in [5, 5.41) is 0.494. The predicted molar refractivity (Wildman–Crippen MR) is 104 cm³/mol. The van der Waals surface area contributed by atoms with Crippen molar-refractivity contribution >= 4 is 61.6 Å². The van der Waals surface area contributed by atoms with Crippen LogP contribution < -0.4 is 14.4 Å². The molecule has 0 unspecified atom stereocenters. The zero-order valence-corrected chi connectivity index (χ0v) is 17.1. The Hall–Kier alpha value is -1.16. The van der Waals surface area contributed by atoms with Crippen LogP contribution in [0.15, 0.2) is 17.1 Å². The first-order chi connectivity index (χ1) is 12.3. The largest absolute Gasteiger partial charge is 0.495 e. The maximum absolute atomic E-state index is 12.1. The van der Waals surface area contributed by atoms with Gasteiger partial charge in [-0.3, -0.25) is 4.79 Å². The summed E-state index contributed by atoms with van der Waals surface area (Å²) in [7, 11) is -0.205. The van der Waals surface area contributed by atoms with Crippen molar-refractivity contribution in [1.82, 2.24) is 0 Å². The standard InChI is InChI=1S/C15H16Cl2N2O5S2/c1-23-11-4-12(24-2)9(3-8(11)17)19-10-6-26(21,22)7-13(10)25-15(19)18-14(20)5-16/h3-4,10,13H,5-7H2,1-2H3/t10-,13-/m1/s1. The second-order valence-corrected chi connectivity index (χ2v) is 9.79. The van der Waals surface area contributed by atoms with E-state index in [1.54, 1.807) is 17.0 Å². The first-order valence-corrected chi connectivity index (χ1v) is 11.2. The Kier molecular flexibility index (Phi) is 5.62. The van der Waals surface area contributed by atoms with Gasteiger partial charge < -0.3 is 14.4 Å². The van der Waals surface area contributed by atoms with E-state index in [9.17, 15) is 13.2 Å². The highest BCUT2D eigenvalue weighted by Crippen LogP contribution is 2.46. The Morgan fingerprint density at radius 2 is 2.00 bits per heavy atom. The van der Waals surface area contributed by atoms with Gasteiger partial charge in [-0.15, -0.1) is 11.6 Å². The third-order valence-corrected chi connectivity index (χ3v) is 7.85. The smallest absolute Gasteiger partial charge is 0.262 e. The molecule has 0 spiro atoms. The lowest BCUT2D eigenvalue weighted by atomic mass is 10.2. The molecule has 1 aromatic rings.